The van der Waals surface area contributed by atoms with Crippen molar-refractivity contribution < 1.29 is 9.84 Å². The maximum absolute atomic E-state index is 10.8. The molecule has 0 amide bonds. The molecule has 0 unspecified atom stereocenters. The van der Waals surface area contributed by atoms with E-state index in [0.717, 1.165) is 27.3 Å². The van der Waals surface area contributed by atoms with Gasteiger partial charge in [-0.15, -0.1) is 11.3 Å². The number of hydrogen-bond donors (Lipinski definition) is 1. The van der Waals surface area contributed by atoms with Crippen LogP contribution in [0.4, 0.5) is 0 Å². The second-order valence-corrected chi connectivity index (χ2v) is 7.49. The van der Waals surface area contributed by atoms with Crippen LogP contribution in [0.15, 0.2) is 78.4 Å². The number of fused-ring (bicyclic) bond motifs is 1. The van der Waals surface area contributed by atoms with E-state index in [0.29, 0.717) is 11.2 Å². The summed E-state index contributed by atoms with van der Waals surface area (Å²) < 4.78 is 6.68. The average Bonchev–Trinajstić information content (AvgIpc) is 3.42. The lowest BCUT2D eigenvalue weighted by Gasteiger charge is -2.07. The van der Waals surface area contributed by atoms with E-state index in [1.54, 1.807) is 30.8 Å². The molecular weight excluding hydrogens is 382 g/mol. The monoisotopic (exact) mass is 399 g/mol. The van der Waals surface area contributed by atoms with Crippen LogP contribution in [-0.2, 0) is 0 Å². The molecule has 5 rings (SSSR count). The summed E-state index contributed by atoms with van der Waals surface area (Å²) in [6, 6.07) is 19.9. The Morgan fingerprint density at radius 1 is 0.897 bits per heavy atom. The standard InChI is InChI=1S/C23H17N3O2S/c1-28-18-9-7-16(8-10-18)19-12-24-22-20(13-25-26(22)23(19)27)21-11-17(14-29-21)15-5-3-2-4-6-15/h2-14,27H,1H3. The number of nitrogens with zero attached hydrogens (tertiary/aromatic N) is 3. The first-order chi connectivity index (χ1) is 14.2. The van der Waals surface area contributed by atoms with Gasteiger partial charge in [-0.05, 0) is 40.3 Å². The Hall–Kier alpha value is -3.64. The minimum absolute atomic E-state index is 0.0613. The molecule has 2 aromatic carbocycles. The predicted octanol–water partition coefficient (Wildman–Crippen LogP) is 5.51. The van der Waals surface area contributed by atoms with Crippen molar-refractivity contribution in [2.24, 2.45) is 0 Å². The summed E-state index contributed by atoms with van der Waals surface area (Å²) in [6.07, 6.45) is 3.43. The maximum Gasteiger partial charge on any atom is 0.223 e. The van der Waals surface area contributed by atoms with E-state index in [9.17, 15) is 5.11 Å². The van der Waals surface area contributed by atoms with Crippen LogP contribution < -0.4 is 4.74 Å². The number of aromatic hydroxyl groups is 1. The summed E-state index contributed by atoms with van der Waals surface area (Å²) in [5.74, 6) is 0.821. The van der Waals surface area contributed by atoms with Gasteiger partial charge in [-0.3, -0.25) is 0 Å². The summed E-state index contributed by atoms with van der Waals surface area (Å²) in [6.45, 7) is 0. The summed E-state index contributed by atoms with van der Waals surface area (Å²) >= 11 is 1.64. The quantitative estimate of drug-likeness (QED) is 0.433. The highest BCUT2D eigenvalue weighted by Crippen LogP contribution is 2.37. The SMILES string of the molecule is COc1ccc(-c2cnc3c(-c4cc(-c5ccccc5)cs4)cnn3c2O)cc1. The fourth-order valence-corrected chi connectivity index (χ4v) is 4.25. The third-order valence-electron chi connectivity index (χ3n) is 4.87. The number of thiophene rings is 1. The van der Waals surface area contributed by atoms with Gasteiger partial charge in [-0.2, -0.15) is 9.61 Å². The van der Waals surface area contributed by atoms with Crippen molar-refractivity contribution in [3.05, 3.63) is 78.4 Å². The number of rotatable bonds is 4. The van der Waals surface area contributed by atoms with E-state index in [-0.39, 0.29) is 5.88 Å². The molecular formula is C23H17N3O2S. The molecule has 0 aliphatic rings. The van der Waals surface area contributed by atoms with Gasteiger partial charge in [0.1, 0.15) is 5.75 Å². The van der Waals surface area contributed by atoms with Crippen molar-refractivity contribution in [3.8, 4) is 44.3 Å². The van der Waals surface area contributed by atoms with Gasteiger partial charge in [0, 0.05) is 11.1 Å². The van der Waals surface area contributed by atoms with Crippen molar-refractivity contribution in [2.75, 3.05) is 7.11 Å². The zero-order chi connectivity index (χ0) is 19.8. The van der Waals surface area contributed by atoms with Crippen LogP contribution in [0.2, 0.25) is 0 Å². The molecule has 3 aromatic heterocycles. The van der Waals surface area contributed by atoms with Crippen LogP contribution >= 0.6 is 11.3 Å². The molecule has 6 heteroatoms. The molecule has 5 nitrogen and oxygen atoms in total. The maximum atomic E-state index is 10.8. The van der Waals surface area contributed by atoms with Crippen molar-refractivity contribution in [1.82, 2.24) is 14.6 Å². The Morgan fingerprint density at radius 2 is 1.69 bits per heavy atom. The van der Waals surface area contributed by atoms with E-state index in [4.69, 9.17) is 4.74 Å². The zero-order valence-corrected chi connectivity index (χ0v) is 16.4. The summed E-state index contributed by atoms with van der Waals surface area (Å²) in [4.78, 5) is 5.65. The minimum atomic E-state index is 0.0613. The van der Waals surface area contributed by atoms with E-state index in [1.165, 1.54) is 10.1 Å². The molecule has 0 radical (unpaired) electrons. The van der Waals surface area contributed by atoms with Crippen molar-refractivity contribution in [3.63, 3.8) is 0 Å². The van der Waals surface area contributed by atoms with Crippen molar-refractivity contribution in [2.45, 2.75) is 0 Å². The highest BCUT2D eigenvalue weighted by Gasteiger charge is 2.16. The number of methoxy groups -OCH3 is 1. The highest BCUT2D eigenvalue weighted by atomic mass is 32.1. The molecule has 0 aliphatic carbocycles. The molecule has 0 saturated carbocycles. The van der Waals surface area contributed by atoms with E-state index in [1.807, 2.05) is 42.5 Å². The van der Waals surface area contributed by atoms with Gasteiger partial charge in [0.2, 0.25) is 5.88 Å². The molecule has 0 atom stereocenters. The molecule has 3 heterocycles. The predicted molar refractivity (Wildman–Crippen MR) is 115 cm³/mol. The highest BCUT2D eigenvalue weighted by molar-refractivity contribution is 7.14. The molecule has 142 valence electrons. The normalized spacial score (nSPS) is 11.1. The smallest absolute Gasteiger partial charge is 0.223 e. The van der Waals surface area contributed by atoms with Crippen LogP contribution in [-0.4, -0.2) is 26.8 Å². The number of benzene rings is 2. The number of ether oxygens (including phenoxy) is 1. The van der Waals surface area contributed by atoms with Gasteiger partial charge in [0.15, 0.2) is 5.65 Å². The molecule has 0 saturated heterocycles. The largest absolute Gasteiger partial charge is 0.497 e. The second-order valence-electron chi connectivity index (χ2n) is 6.58. The summed E-state index contributed by atoms with van der Waals surface area (Å²) in [7, 11) is 1.62. The second kappa shape index (κ2) is 7.07. The van der Waals surface area contributed by atoms with Gasteiger partial charge in [0.05, 0.1) is 24.4 Å². The van der Waals surface area contributed by atoms with Gasteiger partial charge < -0.3 is 9.84 Å². The lowest BCUT2D eigenvalue weighted by atomic mass is 10.1. The minimum Gasteiger partial charge on any atom is -0.497 e. The van der Waals surface area contributed by atoms with Gasteiger partial charge >= 0.3 is 0 Å². The lowest BCUT2D eigenvalue weighted by molar-refractivity contribution is 0.415. The first-order valence-electron chi connectivity index (χ1n) is 9.09. The van der Waals surface area contributed by atoms with E-state index < -0.39 is 0 Å². The zero-order valence-electron chi connectivity index (χ0n) is 15.6. The van der Waals surface area contributed by atoms with Crippen LogP contribution in [0.1, 0.15) is 0 Å². The molecule has 0 spiro atoms. The van der Waals surface area contributed by atoms with Gasteiger partial charge in [-0.1, -0.05) is 42.5 Å². The Bertz CT molecular complexity index is 1290. The van der Waals surface area contributed by atoms with Crippen LogP contribution in [0.5, 0.6) is 11.6 Å². The summed E-state index contributed by atoms with van der Waals surface area (Å²) in [5.41, 5.74) is 5.31. The number of aromatic nitrogens is 3. The first kappa shape index (κ1) is 17.5. The molecule has 1 N–H and O–H groups in total. The number of hydrogen-bond acceptors (Lipinski definition) is 5. The molecule has 0 fully saturated rings. The fourth-order valence-electron chi connectivity index (χ4n) is 3.33. The molecule has 29 heavy (non-hydrogen) atoms. The van der Waals surface area contributed by atoms with Crippen LogP contribution in [0.25, 0.3) is 38.3 Å². The van der Waals surface area contributed by atoms with Gasteiger partial charge in [-0.25, -0.2) is 4.98 Å². The van der Waals surface area contributed by atoms with Crippen LogP contribution in [0.3, 0.4) is 0 Å². The molecule has 5 aromatic rings. The Morgan fingerprint density at radius 3 is 2.45 bits per heavy atom. The third-order valence-corrected chi connectivity index (χ3v) is 5.84. The fraction of sp³-hybridized carbons (Fsp3) is 0.0435. The Balaban J connectivity index is 1.56. The first-order valence-corrected chi connectivity index (χ1v) is 9.97. The molecule has 0 bridgehead atoms. The lowest BCUT2D eigenvalue weighted by Crippen LogP contribution is -1.94. The van der Waals surface area contributed by atoms with Crippen molar-refractivity contribution >= 4 is 17.0 Å². The summed E-state index contributed by atoms with van der Waals surface area (Å²) in [5, 5.41) is 17.3. The Kier molecular flexibility index (Phi) is 4.26. The van der Waals surface area contributed by atoms with Crippen LogP contribution in [0, 0.1) is 0 Å². The topological polar surface area (TPSA) is 59.7 Å². The Labute approximate surface area is 171 Å². The molecule has 0 aliphatic heterocycles. The average molecular weight is 399 g/mol. The van der Waals surface area contributed by atoms with E-state index >= 15 is 0 Å². The van der Waals surface area contributed by atoms with Crippen molar-refractivity contribution in [1.29, 1.82) is 0 Å². The van der Waals surface area contributed by atoms with E-state index in [2.05, 4.69) is 33.7 Å². The van der Waals surface area contributed by atoms with Gasteiger partial charge in [0.25, 0.3) is 0 Å². The third kappa shape index (κ3) is 3.03.